The number of nitrogens with one attached hydrogen (secondary N) is 1. The third-order valence-corrected chi connectivity index (χ3v) is 4.44. The Labute approximate surface area is 165 Å². The summed E-state index contributed by atoms with van der Waals surface area (Å²) in [5.74, 6) is 1.15. The second-order valence-electron chi connectivity index (χ2n) is 5.83. The lowest BCUT2D eigenvalue weighted by molar-refractivity contribution is 0.269. The van der Waals surface area contributed by atoms with Crippen LogP contribution in [0.25, 0.3) is 0 Å². The number of unbranched alkanes of at least 4 members (excludes halogenated alkanes) is 1. The lowest BCUT2D eigenvalue weighted by Gasteiger charge is -2.16. The summed E-state index contributed by atoms with van der Waals surface area (Å²) >= 11 is 12.6. The van der Waals surface area contributed by atoms with Crippen molar-refractivity contribution in [1.82, 2.24) is 5.32 Å². The fraction of sp³-hybridized carbons (Fsp3) is 0.400. The molecular formula is C20H25Cl2NO3. The number of ether oxygens (including phenoxy) is 2. The minimum absolute atomic E-state index is 0.222. The molecule has 2 aromatic carbocycles. The summed E-state index contributed by atoms with van der Waals surface area (Å²) in [7, 11) is 0. The Morgan fingerprint density at radius 1 is 1.04 bits per heavy atom. The molecule has 6 heteroatoms. The first-order valence-corrected chi connectivity index (χ1v) is 9.54. The largest absolute Gasteiger partial charge is 0.490 e. The molecule has 2 N–H and O–H groups in total. The van der Waals surface area contributed by atoms with Crippen LogP contribution in [0, 0.1) is 0 Å². The van der Waals surface area contributed by atoms with Gasteiger partial charge in [0.2, 0.25) is 0 Å². The van der Waals surface area contributed by atoms with Gasteiger partial charge in [-0.1, -0.05) is 41.4 Å². The molecule has 142 valence electrons. The first kappa shape index (κ1) is 20.8. The number of aliphatic hydroxyl groups excluding tert-OH is 1. The summed E-state index contributed by atoms with van der Waals surface area (Å²) in [4.78, 5) is 0. The average molecular weight is 398 g/mol. The Morgan fingerprint density at radius 2 is 1.85 bits per heavy atom. The van der Waals surface area contributed by atoms with Crippen LogP contribution in [0.3, 0.4) is 0 Å². The first-order chi connectivity index (χ1) is 12.7. The zero-order valence-corrected chi connectivity index (χ0v) is 16.4. The van der Waals surface area contributed by atoms with Crippen molar-refractivity contribution >= 4 is 23.2 Å². The molecule has 0 spiro atoms. The molecular weight excluding hydrogens is 373 g/mol. The van der Waals surface area contributed by atoms with E-state index >= 15 is 0 Å². The van der Waals surface area contributed by atoms with Crippen LogP contribution in [0.5, 0.6) is 11.5 Å². The molecule has 0 atom stereocenters. The second-order valence-corrected chi connectivity index (χ2v) is 6.64. The summed E-state index contributed by atoms with van der Waals surface area (Å²) in [6.07, 6.45) is 1.73. The number of hydrogen-bond acceptors (Lipinski definition) is 4. The van der Waals surface area contributed by atoms with E-state index in [0.29, 0.717) is 41.3 Å². The normalized spacial score (nSPS) is 10.8. The molecule has 0 aliphatic rings. The predicted octanol–water partition coefficient (Wildman–Crippen LogP) is 4.83. The van der Waals surface area contributed by atoms with Gasteiger partial charge >= 0.3 is 0 Å². The summed E-state index contributed by atoms with van der Waals surface area (Å²) < 4.78 is 11.6. The number of hydrogen-bond donors (Lipinski definition) is 2. The molecule has 0 aromatic heterocycles. The van der Waals surface area contributed by atoms with Gasteiger partial charge in [0.25, 0.3) is 0 Å². The van der Waals surface area contributed by atoms with Crippen LogP contribution in [0.15, 0.2) is 36.4 Å². The van der Waals surface area contributed by atoms with Crippen LogP contribution < -0.4 is 14.8 Å². The molecule has 0 saturated carbocycles. The van der Waals surface area contributed by atoms with Crippen LogP contribution in [-0.4, -0.2) is 24.9 Å². The van der Waals surface area contributed by atoms with Gasteiger partial charge in [-0.15, -0.1) is 0 Å². The molecule has 26 heavy (non-hydrogen) atoms. The maximum absolute atomic E-state index is 8.81. The van der Waals surface area contributed by atoms with Crippen LogP contribution in [0.4, 0.5) is 0 Å². The molecule has 0 amide bonds. The van der Waals surface area contributed by atoms with Crippen molar-refractivity contribution in [2.45, 2.75) is 32.9 Å². The number of benzene rings is 2. The topological polar surface area (TPSA) is 50.7 Å². The van der Waals surface area contributed by atoms with Crippen LogP contribution in [0.1, 0.15) is 30.9 Å². The SMILES string of the molecule is CCOc1cc(CNCCCCO)cc(Cl)c1OCc1ccccc1Cl. The highest BCUT2D eigenvalue weighted by Crippen LogP contribution is 2.37. The zero-order valence-electron chi connectivity index (χ0n) is 14.9. The van der Waals surface area contributed by atoms with E-state index in [2.05, 4.69) is 5.32 Å². The summed E-state index contributed by atoms with van der Waals surface area (Å²) in [6.45, 7) is 4.50. The highest BCUT2D eigenvalue weighted by molar-refractivity contribution is 6.32. The molecule has 0 unspecified atom stereocenters. The summed E-state index contributed by atoms with van der Waals surface area (Å²) in [6, 6.07) is 11.4. The van der Waals surface area contributed by atoms with Gasteiger partial charge in [-0.3, -0.25) is 0 Å². The Bertz CT molecular complexity index is 695. The molecule has 0 saturated heterocycles. The van der Waals surface area contributed by atoms with E-state index in [1.54, 1.807) is 0 Å². The van der Waals surface area contributed by atoms with E-state index in [1.807, 2.05) is 43.3 Å². The van der Waals surface area contributed by atoms with Crippen molar-refractivity contribution in [2.24, 2.45) is 0 Å². The number of rotatable bonds is 11. The Hall–Kier alpha value is -1.46. The maximum Gasteiger partial charge on any atom is 0.180 e. The fourth-order valence-electron chi connectivity index (χ4n) is 2.49. The highest BCUT2D eigenvalue weighted by atomic mass is 35.5. The zero-order chi connectivity index (χ0) is 18.8. The average Bonchev–Trinajstić information content (AvgIpc) is 2.62. The third kappa shape index (κ3) is 6.36. The lowest BCUT2D eigenvalue weighted by Crippen LogP contribution is -2.15. The molecule has 0 radical (unpaired) electrons. The third-order valence-electron chi connectivity index (χ3n) is 3.79. The molecule has 2 aromatic rings. The van der Waals surface area contributed by atoms with Crippen molar-refractivity contribution < 1.29 is 14.6 Å². The van der Waals surface area contributed by atoms with E-state index in [9.17, 15) is 0 Å². The van der Waals surface area contributed by atoms with Gasteiger partial charge in [-0.25, -0.2) is 0 Å². The van der Waals surface area contributed by atoms with E-state index in [0.717, 1.165) is 30.5 Å². The van der Waals surface area contributed by atoms with Crippen LogP contribution >= 0.6 is 23.2 Å². The van der Waals surface area contributed by atoms with Crippen LogP contribution in [-0.2, 0) is 13.2 Å². The van der Waals surface area contributed by atoms with Crippen LogP contribution in [0.2, 0.25) is 10.0 Å². The summed E-state index contributed by atoms with van der Waals surface area (Å²) in [5, 5.41) is 13.3. The van der Waals surface area contributed by atoms with Crippen molar-refractivity contribution in [1.29, 1.82) is 0 Å². The van der Waals surface area contributed by atoms with E-state index < -0.39 is 0 Å². The number of halogens is 2. The molecule has 0 bridgehead atoms. The van der Waals surface area contributed by atoms with Gasteiger partial charge in [0, 0.05) is 23.7 Å². The summed E-state index contributed by atoms with van der Waals surface area (Å²) in [5.41, 5.74) is 1.91. The minimum Gasteiger partial charge on any atom is -0.490 e. The van der Waals surface area contributed by atoms with Gasteiger partial charge in [0.05, 0.1) is 11.6 Å². The molecule has 0 aliphatic heterocycles. The van der Waals surface area contributed by atoms with Crippen molar-refractivity contribution in [3.8, 4) is 11.5 Å². The maximum atomic E-state index is 8.81. The second kappa shape index (κ2) is 11.3. The highest BCUT2D eigenvalue weighted by Gasteiger charge is 2.13. The van der Waals surface area contributed by atoms with Gasteiger partial charge in [-0.2, -0.15) is 0 Å². The van der Waals surface area contributed by atoms with Gasteiger partial charge < -0.3 is 19.9 Å². The smallest absolute Gasteiger partial charge is 0.180 e. The minimum atomic E-state index is 0.222. The molecule has 0 heterocycles. The number of aliphatic hydroxyl groups is 1. The standard InChI is InChI=1S/C20H25Cl2NO3/c1-2-25-19-12-15(13-23-9-5-6-10-24)11-18(22)20(19)26-14-16-7-3-4-8-17(16)21/h3-4,7-8,11-12,23-24H,2,5-6,9-10,13-14H2,1H3. The van der Waals surface area contributed by atoms with Gasteiger partial charge in [0.15, 0.2) is 11.5 Å². The Balaban J connectivity index is 2.06. The van der Waals surface area contributed by atoms with Crippen molar-refractivity contribution in [3.63, 3.8) is 0 Å². The van der Waals surface area contributed by atoms with E-state index in [1.165, 1.54) is 0 Å². The van der Waals surface area contributed by atoms with Crippen molar-refractivity contribution in [2.75, 3.05) is 19.8 Å². The Morgan fingerprint density at radius 3 is 2.58 bits per heavy atom. The molecule has 4 nitrogen and oxygen atoms in total. The quantitative estimate of drug-likeness (QED) is 0.532. The van der Waals surface area contributed by atoms with Gasteiger partial charge in [-0.05, 0) is 50.1 Å². The predicted molar refractivity (Wildman–Crippen MR) is 106 cm³/mol. The molecule has 0 fully saturated rings. The van der Waals surface area contributed by atoms with Crippen molar-refractivity contribution in [3.05, 3.63) is 57.6 Å². The fourth-order valence-corrected chi connectivity index (χ4v) is 2.96. The molecule has 0 aliphatic carbocycles. The first-order valence-electron chi connectivity index (χ1n) is 8.78. The van der Waals surface area contributed by atoms with E-state index in [4.69, 9.17) is 37.8 Å². The molecule has 2 rings (SSSR count). The van der Waals surface area contributed by atoms with E-state index in [-0.39, 0.29) is 6.61 Å². The Kier molecular flexibility index (Phi) is 9.06. The monoisotopic (exact) mass is 397 g/mol. The lowest BCUT2D eigenvalue weighted by atomic mass is 10.2. The van der Waals surface area contributed by atoms with Gasteiger partial charge in [0.1, 0.15) is 6.61 Å².